The average Bonchev–Trinajstić information content (AvgIpc) is 2.58. The minimum atomic E-state index is -0.154. The van der Waals surface area contributed by atoms with Gasteiger partial charge in [-0.2, -0.15) is 0 Å². The predicted molar refractivity (Wildman–Crippen MR) is 66.6 cm³/mol. The summed E-state index contributed by atoms with van der Waals surface area (Å²) in [7, 11) is 0. The highest BCUT2D eigenvalue weighted by Crippen LogP contribution is 2.11. The Morgan fingerprint density at radius 3 is 2.71 bits per heavy atom. The van der Waals surface area contributed by atoms with Crippen LogP contribution in [-0.4, -0.2) is 15.9 Å². The molecule has 0 aliphatic rings. The van der Waals surface area contributed by atoms with Gasteiger partial charge >= 0.3 is 0 Å². The molecule has 0 spiro atoms. The third kappa shape index (κ3) is 3.14. The smallest absolute Gasteiger partial charge is 0.268 e. The highest BCUT2D eigenvalue weighted by molar-refractivity contribution is 6.29. The van der Waals surface area contributed by atoms with Crippen LogP contribution in [0.3, 0.4) is 0 Å². The van der Waals surface area contributed by atoms with Crippen LogP contribution < -0.4 is 10.3 Å². The Labute approximate surface area is 104 Å². The third-order valence-electron chi connectivity index (χ3n) is 2.28. The third-order valence-corrected chi connectivity index (χ3v) is 2.47. The topological polar surface area (TPSA) is 47.0 Å². The Morgan fingerprint density at radius 1 is 1.41 bits per heavy atom. The van der Waals surface area contributed by atoms with E-state index in [1.165, 1.54) is 10.7 Å². The van der Waals surface area contributed by atoms with E-state index in [1.54, 1.807) is 0 Å². The first-order chi connectivity index (χ1) is 8.15. The number of nitrogens with one attached hydrogen (secondary N) is 1. The summed E-state index contributed by atoms with van der Waals surface area (Å²) in [6.45, 7) is 2.33. The summed E-state index contributed by atoms with van der Waals surface area (Å²) in [5, 5.41) is 3.09. The van der Waals surface area contributed by atoms with Gasteiger partial charge in [0.25, 0.3) is 5.56 Å². The molecule has 5 heteroatoms. The van der Waals surface area contributed by atoms with Crippen molar-refractivity contribution in [3.05, 3.63) is 51.9 Å². The quantitative estimate of drug-likeness (QED) is 0.908. The number of aromatic nitrogens is 2. The van der Waals surface area contributed by atoms with Crippen LogP contribution >= 0.6 is 11.6 Å². The first-order valence-electron chi connectivity index (χ1n) is 5.32. The van der Waals surface area contributed by atoms with E-state index in [9.17, 15) is 4.79 Å². The minimum Gasteiger partial charge on any atom is -0.489 e. The molecule has 0 saturated carbocycles. The van der Waals surface area contributed by atoms with Crippen LogP contribution in [0.2, 0.25) is 5.15 Å². The molecule has 0 bridgehead atoms. The Hall–Kier alpha value is -1.68. The van der Waals surface area contributed by atoms with Crippen molar-refractivity contribution in [2.45, 2.75) is 19.6 Å². The molecular weight excluding hydrogens is 240 g/mol. The van der Waals surface area contributed by atoms with Crippen molar-refractivity contribution in [1.82, 2.24) is 9.78 Å². The maximum absolute atomic E-state index is 11.4. The number of nitrogens with zero attached hydrogens (tertiary/aromatic N) is 1. The Kier molecular flexibility index (Phi) is 3.54. The zero-order valence-corrected chi connectivity index (χ0v) is 10.1. The van der Waals surface area contributed by atoms with Crippen LogP contribution in [0.4, 0.5) is 0 Å². The van der Waals surface area contributed by atoms with E-state index in [4.69, 9.17) is 16.3 Å². The fourth-order valence-electron chi connectivity index (χ4n) is 1.56. The molecule has 1 aromatic carbocycles. The van der Waals surface area contributed by atoms with E-state index >= 15 is 0 Å². The molecule has 17 heavy (non-hydrogen) atoms. The number of para-hydroxylation sites is 1. The summed E-state index contributed by atoms with van der Waals surface area (Å²) in [6, 6.07) is 10.8. The van der Waals surface area contributed by atoms with Crippen molar-refractivity contribution in [2.75, 3.05) is 0 Å². The lowest BCUT2D eigenvalue weighted by molar-refractivity contribution is 0.192. The van der Waals surface area contributed by atoms with Crippen molar-refractivity contribution in [1.29, 1.82) is 0 Å². The van der Waals surface area contributed by atoms with Gasteiger partial charge in [0.05, 0.1) is 6.54 Å². The Bertz CT molecular complexity index is 533. The molecule has 0 radical (unpaired) electrons. The summed E-state index contributed by atoms with van der Waals surface area (Å²) in [6.07, 6.45) is -0.121. The largest absolute Gasteiger partial charge is 0.489 e. The van der Waals surface area contributed by atoms with Gasteiger partial charge in [-0.1, -0.05) is 29.8 Å². The number of H-pyrrole nitrogens is 1. The lowest BCUT2D eigenvalue weighted by Gasteiger charge is -2.14. The molecule has 4 nitrogen and oxygen atoms in total. The molecule has 90 valence electrons. The SMILES string of the molecule is CC(Cn1[nH]c(Cl)cc1=O)Oc1ccccc1. The van der Waals surface area contributed by atoms with Crippen LogP contribution in [0.5, 0.6) is 5.75 Å². The number of ether oxygens (including phenoxy) is 1. The second-order valence-corrected chi connectivity index (χ2v) is 4.20. The van der Waals surface area contributed by atoms with Gasteiger partial charge in [0, 0.05) is 6.07 Å². The van der Waals surface area contributed by atoms with Crippen molar-refractivity contribution in [2.24, 2.45) is 0 Å². The van der Waals surface area contributed by atoms with Gasteiger partial charge in [-0.25, -0.2) is 4.68 Å². The van der Waals surface area contributed by atoms with Crippen molar-refractivity contribution in [3.8, 4) is 5.75 Å². The normalized spacial score (nSPS) is 12.4. The minimum absolute atomic E-state index is 0.121. The second-order valence-electron chi connectivity index (χ2n) is 3.79. The molecule has 1 atom stereocenters. The van der Waals surface area contributed by atoms with Gasteiger partial charge in [-0.15, -0.1) is 0 Å². The van der Waals surface area contributed by atoms with Gasteiger partial charge in [0.15, 0.2) is 0 Å². The van der Waals surface area contributed by atoms with Crippen molar-refractivity contribution < 1.29 is 4.74 Å². The molecule has 0 fully saturated rings. The highest BCUT2D eigenvalue weighted by atomic mass is 35.5. The van der Waals surface area contributed by atoms with E-state index in [-0.39, 0.29) is 11.7 Å². The lowest BCUT2D eigenvalue weighted by Crippen LogP contribution is -2.26. The number of aromatic amines is 1. The maximum atomic E-state index is 11.4. The van der Waals surface area contributed by atoms with E-state index < -0.39 is 0 Å². The fraction of sp³-hybridized carbons (Fsp3) is 0.250. The second kappa shape index (κ2) is 5.10. The molecular formula is C12H13ClN2O2. The first-order valence-corrected chi connectivity index (χ1v) is 5.70. The van der Waals surface area contributed by atoms with Crippen LogP contribution in [-0.2, 0) is 6.54 Å². The van der Waals surface area contributed by atoms with Gasteiger partial charge in [-0.05, 0) is 19.1 Å². The number of hydrogen-bond acceptors (Lipinski definition) is 2. The highest BCUT2D eigenvalue weighted by Gasteiger charge is 2.08. The number of benzene rings is 1. The zero-order valence-electron chi connectivity index (χ0n) is 9.39. The average molecular weight is 253 g/mol. The Balaban J connectivity index is 2.00. The fourth-order valence-corrected chi connectivity index (χ4v) is 1.76. The molecule has 0 aliphatic heterocycles. The van der Waals surface area contributed by atoms with E-state index in [1.807, 2.05) is 37.3 Å². The van der Waals surface area contributed by atoms with E-state index in [0.29, 0.717) is 11.7 Å². The predicted octanol–water partition coefficient (Wildman–Crippen LogP) is 2.30. The summed E-state index contributed by atoms with van der Waals surface area (Å²) < 4.78 is 7.09. The molecule has 1 unspecified atom stereocenters. The van der Waals surface area contributed by atoms with Crippen molar-refractivity contribution >= 4 is 11.6 Å². The molecule has 0 saturated heterocycles. The molecule has 1 aromatic heterocycles. The van der Waals surface area contributed by atoms with Gasteiger partial charge < -0.3 is 4.74 Å². The first kappa shape index (κ1) is 11.8. The zero-order chi connectivity index (χ0) is 12.3. The molecule has 2 aromatic rings. The maximum Gasteiger partial charge on any atom is 0.268 e. The molecule has 1 N–H and O–H groups in total. The molecule has 1 heterocycles. The van der Waals surface area contributed by atoms with Crippen LogP contribution in [0, 0.1) is 0 Å². The van der Waals surface area contributed by atoms with E-state index in [0.717, 1.165) is 5.75 Å². The van der Waals surface area contributed by atoms with Crippen molar-refractivity contribution in [3.63, 3.8) is 0 Å². The van der Waals surface area contributed by atoms with Crippen LogP contribution in [0.15, 0.2) is 41.2 Å². The molecule has 0 aliphatic carbocycles. The van der Waals surface area contributed by atoms with Gasteiger partial charge in [-0.3, -0.25) is 9.89 Å². The standard InChI is InChI=1S/C12H13ClN2O2/c1-9(17-10-5-3-2-4-6-10)8-15-12(16)7-11(13)14-15/h2-7,9,14H,8H2,1H3. The molecule has 2 rings (SSSR count). The summed E-state index contributed by atoms with van der Waals surface area (Å²) >= 11 is 5.69. The van der Waals surface area contributed by atoms with Crippen LogP contribution in [0.25, 0.3) is 0 Å². The Morgan fingerprint density at radius 2 is 2.12 bits per heavy atom. The monoisotopic (exact) mass is 252 g/mol. The van der Waals surface area contributed by atoms with E-state index in [2.05, 4.69) is 5.10 Å². The lowest BCUT2D eigenvalue weighted by atomic mass is 10.3. The molecule has 0 amide bonds. The summed E-state index contributed by atoms with van der Waals surface area (Å²) in [5.74, 6) is 0.783. The van der Waals surface area contributed by atoms with Crippen LogP contribution in [0.1, 0.15) is 6.92 Å². The van der Waals surface area contributed by atoms with Gasteiger partial charge in [0.1, 0.15) is 17.0 Å². The number of rotatable bonds is 4. The summed E-state index contributed by atoms with van der Waals surface area (Å²) in [4.78, 5) is 11.4. The number of halogens is 1. The number of hydrogen-bond donors (Lipinski definition) is 1. The summed E-state index contributed by atoms with van der Waals surface area (Å²) in [5.41, 5.74) is -0.154. The van der Waals surface area contributed by atoms with Gasteiger partial charge in [0.2, 0.25) is 0 Å².